The van der Waals surface area contributed by atoms with Gasteiger partial charge in [-0.15, -0.1) is 0 Å². The second kappa shape index (κ2) is 10.6. The lowest BCUT2D eigenvalue weighted by molar-refractivity contribution is -0.0167. The summed E-state index contributed by atoms with van der Waals surface area (Å²) in [5, 5.41) is 6.83. The number of fused-ring (bicyclic) bond motifs is 1. The number of hydrogen-bond acceptors (Lipinski definition) is 5. The van der Waals surface area contributed by atoms with E-state index in [4.69, 9.17) is 5.73 Å². The van der Waals surface area contributed by atoms with Crippen LogP contribution in [0.25, 0.3) is 28.2 Å². The first-order valence-electron chi connectivity index (χ1n) is 15.0. The van der Waals surface area contributed by atoms with Gasteiger partial charge in [0.05, 0.1) is 11.3 Å². The molecule has 0 atom stereocenters. The maximum absolute atomic E-state index is 13.2. The van der Waals surface area contributed by atoms with Gasteiger partial charge in [0.1, 0.15) is 0 Å². The summed E-state index contributed by atoms with van der Waals surface area (Å²) in [6, 6.07) is 15.7. The van der Waals surface area contributed by atoms with Crippen LogP contribution in [0.1, 0.15) is 60.9 Å². The Morgan fingerprint density at radius 1 is 0.951 bits per heavy atom. The van der Waals surface area contributed by atoms with Crippen LogP contribution in [0.5, 0.6) is 0 Å². The molecule has 8 rings (SSSR count). The molecule has 4 aliphatic rings. The summed E-state index contributed by atoms with van der Waals surface area (Å²) < 4.78 is 1.85. The molecule has 4 aromatic rings. The van der Waals surface area contributed by atoms with Gasteiger partial charge in [0.25, 0.3) is 11.5 Å². The van der Waals surface area contributed by atoms with E-state index in [1.165, 1.54) is 19.3 Å². The molecule has 2 aromatic carbocycles. The number of carbonyl (C=O) groups excluding carboxylic acids is 1. The topological polar surface area (TPSA) is 117 Å². The van der Waals surface area contributed by atoms with Crippen LogP contribution in [-0.4, -0.2) is 38.9 Å². The summed E-state index contributed by atoms with van der Waals surface area (Å²) in [7, 11) is 0. The summed E-state index contributed by atoms with van der Waals surface area (Å²) in [5.41, 5.74) is 10.3. The highest BCUT2D eigenvalue weighted by Crippen LogP contribution is 2.55. The Hall–Kier alpha value is -3.75. The molecule has 1 amide bonds. The van der Waals surface area contributed by atoms with Crippen molar-refractivity contribution >= 4 is 11.7 Å². The fourth-order valence-corrected chi connectivity index (χ4v) is 7.93. The Bertz CT molecular complexity index is 1580. The van der Waals surface area contributed by atoms with E-state index in [0.29, 0.717) is 23.4 Å². The average Bonchev–Trinajstić information content (AvgIpc) is 3.37. The number of benzene rings is 2. The van der Waals surface area contributed by atoms with Crippen molar-refractivity contribution in [3.05, 3.63) is 82.4 Å². The van der Waals surface area contributed by atoms with E-state index in [-0.39, 0.29) is 17.0 Å². The first-order chi connectivity index (χ1) is 20.0. The predicted molar refractivity (Wildman–Crippen MR) is 160 cm³/mol. The highest BCUT2D eigenvalue weighted by atomic mass is 16.2. The second-order valence-electron chi connectivity index (χ2n) is 12.6. The third-order valence-corrected chi connectivity index (χ3v) is 9.48. The lowest BCUT2D eigenvalue weighted by atomic mass is 9.53. The van der Waals surface area contributed by atoms with E-state index in [1.54, 1.807) is 0 Å². The smallest absolute Gasteiger partial charge is 0.260 e. The number of carbonyl (C=O) groups is 1. The number of aromatic amines is 1. The standard InChI is InChI=1S/C33H38N6O2/c34-10-1-11-35-18-21-2-4-25(5-3-21)28-19-39-20-29(36-32(39)37-31(28)41)26-6-8-27(9-7-26)30(40)38-33-15-22-12-23(16-33)14-24(13-22)17-33/h2-9,19-20,22-24,35H,1,10-18,34H2,(H,38,40)(H,36,37,41). The quantitative estimate of drug-likeness (QED) is 0.229. The molecule has 4 fully saturated rings. The summed E-state index contributed by atoms with van der Waals surface area (Å²) in [6.45, 7) is 2.33. The minimum absolute atomic E-state index is 0.00262. The molecule has 212 valence electrons. The number of amides is 1. The Kier molecular flexibility index (Phi) is 6.75. The van der Waals surface area contributed by atoms with Gasteiger partial charge < -0.3 is 16.4 Å². The van der Waals surface area contributed by atoms with Crippen LogP contribution in [0.2, 0.25) is 0 Å². The highest BCUT2D eigenvalue weighted by Gasteiger charge is 2.51. The van der Waals surface area contributed by atoms with Gasteiger partial charge in [0.2, 0.25) is 5.78 Å². The molecule has 0 aliphatic heterocycles. The Labute approximate surface area is 239 Å². The molecule has 0 saturated heterocycles. The third kappa shape index (κ3) is 5.22. The third-order valence-electron chi connectivity index (χ3n) is 9.48. The maximum Gasteiger partial charge on any atom is 0.260 e. The van der Waals surface area contributed by atoms with Crippen LogP contribution < -0.4 is 21.9 Å². The minimum atomic E-state index is -0.180. The average molecular weight is 551 g/mol. The molecule has 2 heterocycles. The molecule has 8 nitrogen and oxygen atoms in total. The Balaban J connectivity index is 1.06. The molecule has 2 aromatic heterocycles. The number of nitrogens with one attached hydrogen (secondary N) is 3. The van der Waals surface area contributed by atoms with Crippen molar-refractivity contribution in [3.8, 4) is 22.4 Å². The van der Waals surface area contributed by atoms with Gasteiger partial charge in [0.15, 0.2) is 0 Å². The molecule has 0 radical (unpaired) electrons. The number of aromatic nitrogens is 3. The Morgan fingerprint density at radius 2 is 1.61 bits per heavy atom. The van der Waals surface area contributed by atoms with Crippen molar-refractivity contribution in [3.63, 3.8) is 0 Å². The van der Waals surface area contributed by atoms with Gasteiger partial charge in [-0.05, 0) is 99.0 Å². The van der Waals surface area contributed by atoms with Crippen LogP contribution >= 0.6 is 0 Å². The molecular formula is C33H38N6O2. The maximum atomic E-state index is 13.2. The lowest BCUT2D eigenvalue weighted by Crippen LogP contribution is -2.59. The SMILES string of the molecule is NCCCNCc1ccc(-c2cn3cc(-c4ccc(C(=O)NC56CC7CC(CC(C7)C5)C6)cc4)nc3[nH]c2=O)cc1. The zero-order valence-corrected chi connectivity index (χ0v) is 23.4. The van der Waals surface area contributed by atoms with Gasteiger partial charge in [0, 0.05) is 35.6 Å². The van der Waals surface area contributed by atoms with Gasteiger partial charge >= 0.3 is 0 Å². The van der Waals surface area contributed by atoms with E-state index >= 15 is 0 Å². The van der Waals surface area contributed by atoms with Crippen molar-refractivity contribution in [2.45, 2.75) is 57.0 Å². The van der Waals surface area contributed by atoms with Crippen LogP contribution in [0.15, 0.2) is 65.7 Å². The van der Waals surface area contributed by atoms with E-state index in [2.05, 4.69) is 20.6 Å². The minimum Gasteiger partial charge on any atom is -0.347 e. The van der Waals surface area contributed by atoms with Crippen molar-refractivity contribution in [2.75, 3.05) is 13.1 Å². The monoisotopic (exact) mass is 550 g/mol. The second-order valence-corrected chi connectivity index (χ2v) is 12.6. The van der Waals surface area contributed by atoms with E-state index in [1.807, 2.05) is 65.3 Å². The molecule has 4 saturated carbocycles. The summed E-state index contributed by atoms with van der Waals surface area (Å²) in [6.07, 6.45) is 12.2. The fraction of sp³-hybridized carbons (Fsp3) is 0.424. The number of H-pyrrole nitrogens is 1. The first kappa shape index (κ1) is 26.2. The fourth-order valence-electron chi connectivity index (χ4n) is 7.93. The van der Waals surface area contributed by atoms with Crippen molar-refractivity contribution in [2.24, 2.45) is 23.5 Å². The molecular weight excluding hydrogens is 512 g/mol. The lowest BCUT2D eigenvalue weighted by Gasteiger charge is -2.56. The number of imidazole rings is 1. The molecule has 4 aliphatic carbocycles. The summed E-state index contributed by atoms with van der Waals surface area (Å²) >= 11 is 0. The zero-order chi connectivity index (χ0) is 28.0. The number of nitrogens with zero attached hydrogens (tertiary/aromatic N) is 2. The summed E-state index contributed by atoms with van der Waals surface area (Å²) in [4.78, 5) is 33.7. The van der Waals surface area contributed by atoms with E-state index in [0.717, 1.165) is 78.9 Å². The largest absolute Gasteiger partial charge is 0.347 e. The van der Waals surface area contributed by atoms with Crippen LogP contribution in [0.4, 0.5) is 0 Å². The van der Waals surface area contributed by atoms with E-state index < -0.39 is 0 Å². The van der Waals surface area contributed by atoms with Crippen LogP contribution in [0.3, 0.4) is 0 Å². The molecule has 41 heavy (non-hydrogen) atoms. The number of hydrogen-bond donors (Lipinski definition) is 4. The molecule has 4 bridgehead atoms. The van der Waals surface area contributed by atoms with Crippen molar-refractivity contribution in [1.82, 2.24) is 25.0 Å². The molecule has 0 unspecified atom stereocenters. The molecule has 8 heteroatoms. The summed E-state index contributed by atoms with van der Waals surface area (Å²) in [5.74, 6) is 2.88. The zero-order valence-electron chi connectivity index (χ0n) is 23.4. The van der Waals surface area contributed by atoms with Crippen molar-refractivity contribution < 1.29 is 4.79 Å². The molecule has 5 N–H and O–H groups in total. The van der Waals surface area contributed by atoms with Gasteiger partial charge in [-0.1, -0.05) is 36.4 Å². The van der Waals surface area contributed by atoms with Crippen LogP contribution in [-0.2, 0) is 6.54 Å². The van der Waals surface area contributed by atoms with Gasteiger partial charge in [-0.2, -0.15) is 0 Å². The Morgan fingerprint density at radius 3 is 2.27 bits per heavy atom. The normalized spacial score (nSPS) is 24.7. The first-order valence-corrected chi connectivity index (χ1v) is 15.0. The van der Waals surface area contributed by atoms with Crippen molar-refractivity contribution in [1.29, 1.82) is 0 Å². The van der Waals surface area contributed by atoms with Crippen LogP contribution in [0, 0.1) is 17.8 Å². The van der Waals surface area contributed by atoms with E-state index in [9.17, 15) is 9.59 Å². The van der Waals surface area contributed by atoms with Gasteiger partial charge in [-0.25, -0.2) is 4.98 Å². The predicted octanol–water partition coefficient (Wildman–Crippen LogP) is 4.49. The number of nitrogens with two attached hydrogens (primary N) is 1. The molecule has 0 spiro atoms. The highest BCUT2D eigenvalue weighted by molar-refractivity contribution is 5.95. The van der Waals surface area contributed by atoms with Gasteiger partial charge in [-0.3, -0.25) is 19.0 Å². The number of rotatable bonds is 9.